The summed E-state index contributed by atoms with van der Waals surface area (Å²) in [4.78, 5) is 30.4. The molecule has 0 atom stereocenters. The lowest BCUT2D eigenvalue weighted by Crippen LogP contribution is -2.32. The molecule has 2 amide bonds. The lowest BCUT2D eigenvalue weighted by atomic mass is 10.1. The predicted octanol–water partition coefficient (Wildman–Crippen LogP) is 4.46. The molecule has 4 aromatic rings. The van der Waals surface area contributed by atoms with Crippen molar-refractivity contribution in [3.8, 4) is 11.5 Å². The number of hydrogen-bond acceptors (Lipinski definition) is 5. The molecule has 3 aromatic heterocycles. The van der Waals surface area contributed by atoms with Crippen LogP contribution in [0.25, 0.3) is 22.5 Å². The molecule has 0 aliphatic heterocycles. The van der Waals surface area contributed by atoms with Gasteiger partial charge in [0.05, 0.1) is 22.9 Å². The van der Waals surface area contributed by atoms with Gasteiger partial charge in [-0.25, -0.2) is 4.98 Å². The van der Waals surface area contributed by atoms with Crippen LogP contribution in [0.1, 0.15) is 52.1 Å². The molecule has 1 aliphatic carbocycles. The van der Waals surface area contributed by atoms with Crippen LogP contribution < -0.4 is 10.6 Å². The minimum absolute atomic E-state index is 0.0790. The van der Waals surface area contributed by atoms with Gasteiger partial charge in [-0.05, 0) is 62.2 Å². The number of furan rings is 1. The average molecular weight is 444 g/mol. The summed E-state index contributed by atoms with van der Waals surface area (Å²) in [6, 6.07) is 12.5. The number of aryl methyl sites for hydroxylation is 2. The van der Waals surface area contributed by atoms with Gasteiger partial charge in [0.1, 0.15) is 5.69 Å². The molecule has 8 nitrogen and oxygen atoms in total. The van der Waals surface area contributed by atoms with Crippen LogP contribution in [0.5, 0.6) is 0 Å². The van der Waals surface area contributed by atoms with Crippen molar-refractivity contribution in [2.24, 2.45) is 7.05 Å². The van der Waals surface area contributed by atoms with Crippen molar-refractivity contribution >= 4 is 28.5 Å². The second-order valence-electron chi connectivity index (χ2n) is 8.43. The lowest BCUT2D eigenvalue weighted by molar-refractivity contribution is 0.0937. The Hall–Kier alpha value is -3.94. The molecule has 33 heavy (non-hydrogen) atoms. The molecule has 1 fully saturated rings. The van der Waals surface area contributed by atoms with Gasteiger partial charge in [-0.1, -0.05) is 12.8 Å². The normalized spacial score (nSPS) is 14.0. The Morgan fingerprint density at radius 2 is 1.85 bits per heavy atom. The Morgan fingerprint density at radius 3 is 2.55 bits per heavy atom. The van der Waals surface area contributed by atoms with E-state index in [2.05, 4.69) is 20.7 Å². The summed E-state index contributed by atoms with van der Waals surface area (Å²) in [6.07, 6.45) is 5.97. The van der Waals surface area contributed by atoms with E-state index >= 15 is 0 Å². The number of fused-ring (bicyclic) bond motifs is 1. The number of nitrogens with zero attached hydrogens (tertiary/aromatic N) is 3. The standard InChI is InChI=1S/C25H25N5O3/c1-15-22-19(14-20(21-8-5-13-33-21)28-23(22)30(2)29-15)25(32)27-18-11-9-16(10-12-18)24(31)26-17-6-3-4-7-17/h5,8-14,17H,3-4,6-7H2,1-2H3,(H,26,31)(H,27,32). The Bertz CT molecular complexity index is 1320. The molecular weight excluding hydrogens is 418 g/mol. The van der Waals surface area contributed by atoms with Gasteiger partial charge in [-0.2, -0.15) is 5.10 Å². The number of amides is 2. The third-order valence-corrected chi connectivity index (χ3v) is 6.08. The number of benzene rings is 1. The molecule has 1 aromatic carbocycles. The van der Waals surface area contributed by atoms with Crippen molar-refractivity contribution < 1.29 is 14.0 Å². The SMILES string of the molecule is Cc1nn(C)c2nc(-c3ccco3)cc(C(=O)Nc3ccc(C(=O)NC4CCCC4)cc3)c12. The molecule has 0 bridgehead atoms. The zero-order valence-electron chi connectivity index (χ0n) is 18.6. The molecule has 168 valence electrons. The Balaban J connectivity index is 1.40. The summed E-state index contributed by atoms with van der Waals surface area (Å²) in [5.74, 6) is 0.210. The van der Waals surface area contributed by atoms with Crippen molar-refractivity contribution in [2.75, 3.05) is 5.32 Å². The summed E-state index contributed by atoms with van der Waals surface area (Å²) in [5.41, 5.74) is 3.51. The van der Waals surface area contributed by atoms with Gasteiger partial charge < -0.3 is 15.1 Å². The number of rotatable bonds is 5. The van der Waals surface area contributed by atoms with Crippen molar-refractivity contribution in [3.63, 3.8) is 0 Å². The van der Waals surface area contributed by atoms with E-state index in [1.807, 2.05) is 6.92 Å². The van der Waals surface area contributed by atoms with E-state index in [-0.39, 0.29) is 17.9 Å². The first-order chi connectivity index (χ1) is 16.0. The highest BCUT2D eigenvalue weighted by atomic mass is 16.3. The molecule has 1 saturated carbocycles. The van der Waals surface area contributed by atoms with Crippen LogP contribution in [0.4, 0.5) is 5.69 Å². The Morgan fingerprint density at radius 1 is 1.09 bits per heavy atom. The minimum Gasteiger partial charge on any atom is -0.463 e. The van der Waals surface area contributed by atoms with Crippen LogP contribution in [0, 0.1) is 6.92 Å². The molecule has 0 spiro atoms. The second kappa shape index (κ2) is 8.54. The molecule has 0 unspecified atom stereocenters. The van der Waals surface area contributed by atoms with E-state index < -0.39 is 0 Å². The third-order valence-electron chi connectivity index (χ3n) is 6.08. The molecular formula is C25H25N5O3. The highest BCUT2D eigenvalue weighted by molar-refractivity contribution is 6.13. The van der Waals surface area contributed by atoms with E-state index in [1.54, 1.807) is 60.5 Å². The maximum Gasteiger partial charge on any atom is 0.256 e. The monoisotopic (exact) mass is 443 g/mol. The number of hydrogen-bond donors (Lipinski definition) is 2. The van der Waals surface area contributed by atoms with E-state index in [9.17, 15) is 9.59 Å². The van der Waals surface area contributed by atoms with Gasteiger partial charge in [0.25, 0.3) is 11.8 Å². The van der Waals surface area contributed by atoms with Crippen LogP contribution in [-0.2, 0) is 7.05 Å². The van der Waals surface area contributed by atoms with Crippen LogP contribution in [0.3, 0.4) is 0 Å². The predicted molar refractivity (Wildman–Crippen MR) is 125 cm³/mol. The van der Waals surface area contributed by atoms with Crippen LogP contribution >= 0.6 is 0 Å². The largest absolute Gasteiger partial charge is 0.463 e. The topological polar surface area (TPSA) is 102 Å². The molecule has 1 aliphatic rings. The van der Waals surface area contributed by atoms with Crippen molar-refractivity contribution in [2.45, 2.75) is 38.6 Å². The Labute approximate surface area is 191 Å². The quantitative estimate of drug-likeness (QED) is 0.474. The van der Waals surface area contributed by atoms with Crippen molar-refractivity contribution in [1.82, 2.24) is 20.1 Å². The van der Waals surface area contributed by atoms with Crippen molar-refractivity contribution in [3.05, 3.63) is 65.5 Å². The second-order valence-corrected chi connectivity index (χ2v) is 8.43. The van der Waals surface area contributed by atoms with E-state index in [4.69, 9.17) is 4.42 Å². The van der Waals surface area contributed by atoms with Gasteiger partial charge in [0, 0.05) is 24.3 Å². The fourth-order valence-electron chi connectivity index (χ4n) is 4.42. The summed E-state index contributed by atoms with van der Waals surface area (Å²) < 4.78 is 7.15. The smallest absolute Gasteiger partial charge is 0.256 e. The van der Waals surface area contributed by atoms with Gasteiger partial charge in [0.2, 0.25) is 0 Å². The van der Waals surface area contributed by atoms with E-state index in [0.29, 0.717) is 39.3 Å². The Kier molecular flexibility index (Phi) is 5.42. The first-order valence-electron chi connectivity index (χ1n) is 11.1. The van der Waals surface area contributed by atoms with Crippen LogP contribution in [0.15, 0.2) is 53.1 Å². The first-order valence-corrected chi connectivity index (χ1v) is 11.1. The number of pyridine rings is 1. The van der Waals surface area contributed by atoms with Gasteiger partial charge in [-0.15, -0.1) is 0 Å². The summed E-state index contributed by atoms with van der Waals surface area (Å²) in [6.45, 7) is 1.85. The summed E-state index contributed by atoms with van der Waals surface area (Å²) >= 11 is 0. The lowest BCUT2D eigenvalue weighted by Gasteiger charge is -2.12. The number of anilines is 1. The number of carbonyl (C=O) groups excluding carboxylic acids is 2. The number of nitrogens with one attached hydrogen (secondary N) is 2. The maximum atomic E-state index is 13.3. The molecule has 2 N–H and O–H groups in total. The fraction of sp³-hybridized carbons (Fsp3) is 0.280. The maximum absolute atomic E-state index is 13.3. The third kappa shape index (κ3) is 4.11. The molecule has 3 heterocycles. The number of carbonyl (C=O) groups is 2. The fourth-order valence-corrected chi connectivity index (χ4v) is 4.42. The van der Waals surface area contributed by atoms with Gasteiger partial charge in [-0.3, -0.25) is 14.3 Å². The van der Waals surface area contributed by atoms with Gasteiger partial charge >= 0.3 is 0 Å². The summed E-state index contributed by atoms with van der Waals surface area (Å²) in [5, 5.41) is 11.1. The van der Waals surface area contributed by atoms with E-state index in [0.717, 1.165) is 31.4 Å². The van der Waals surface area contributed by atoms with Crippen LogP contribution in [0.2, 0.25) is 0 Å². The highest BCUT2D eigenvalue weighted by Crippen LogP contribution is 2.28. The molecule has 0 saturated heterocycles. The zero-order valence-corrected chi connectivity index (χ0v) is 18.6. The van der Waals surface area contributed by atoms with Crippen LogP contribution in [-0.4, -0.2) is 32.6 Å². The number of aromatic nitrogens is 3. The first kappa shape index (κ1) is 20.9. The highest BCUT2D eigenvalue weighted by Gasteiger charge is 2.21. The zero-order chi connectivity index (χ0) is 22.9. The molecule has 8 heteroatoms. The molecule has 5 rings (SSSR count). The molecule has 0 radical (unpaired) electrons. The minimum atomic E-state index is -0.283. The van der Waals surface area contributed by atoms with Crippen molar-refractivity contribution in [1.29, 1.82) is 0 Å². The average Bonchev–Trinajstić information content (AvgIpc) is 3.57. The van der Waals surface area contributed by atoms with Gasteiger partial charge in [0.15, 0.2) is 11.4 Å². The summed E-state index contributed by atoms with van der Waals surface area (Å²) in [7, 11) is 1.80. The van der Waals surface area contributed by atoms with E-state index in [1.165, 1.54) is 0 Å².